The number of nitrogens with zero attached hydrogens (tertiary/aromatic N) is 1. The topological polar surface area (TPSA) is 60.5 Å². The summed E-state index contributed by atoms with van der Waals surface area (Å²) in [5, 5.41) is 3.64. The highest BCUT2D eigenvalue weighted by Gasteiger charge is 2.22. The summed E-state index contributed by atoms with van der Waals surface area (Å²) in [6.45, 7) is 1.14. The van der Waals surface area contributed by atoms with Gasteiger partial charge in [-0.2, -0.15) is 0 Å². The molecule has 116 valence electrons. The minimum absolute atomic E-state index is 0.107. The van der Waals surface area contributed by atoms with Crippen molar-refractivity contribution < 1.29 is 14.3 Å². The van der Waals surface area contributed by atoms with Crippen molar-refractivity contribution >= 4 is 32.6 Å². The Morgan fingerprint density at radius 3 is 2.64 bits per heavy atom. The Morgan fingerprint density at radius 2 is 1.86 bits per heavy atom. The smallest absolute Gasteiger partial charge is 0.229 e. The van der Waals surface area contributed by atoms with E-state index >= 15 is 0 Å². The molecule has 2 aliphatic rings. The fraction of sp³-hybridized carbons (Fsp3) is 0.500. The van der Waals surface area contributed by atoms with E-state index in [0.29, 0.717) is 18.3 Å². The zero-order valence-electron chi connectivity index (χ0n) is 12.3. The Hall–Kier alpha value is -1.82. The first-order chi connectivity index (χ1) is 10.8. The maximum atomic E-state index is 12.3. The molecule has 0 radical (unpaired) electrons. The van der Waals surface area contributed by atoms with Gasteiger partial charge < -0.3 is 14.8 Å². The summed E-state index contributed by atoms with van der Waals surface area (Å²) in [5.41, 5.74) is 0.841. The number of thiazole rings is 1. The van der Waals surface area contributed by atoms with E-state index in [1.165, 1.54) is 17.8 Å². The molecule has 22 heavy (non-hydrogen) atoms. The number of nitrogens with one attached hydrogen (secondary N) is 1. The predicted molar refractivity (Wildman–Crippen MR) is 85.8 cm³/mol. The summed E-state index contributed by atoms with van der Waals surface area (Å²) < 4.78 is 12.2. The molecule has 0 spiro atoms. The van der Waals surface area contributed by atoms with Gasteiger partial charge in [0, 0.05) is 18.1 Å². The van der Waals surface area contributed by atoms with Crippen molar-refractivity contribution in [3.05, 3.63) is 12.1 Å². The van der Waals surface area contributed by atoms with Crippen LogP contribution in [-0.2, 0) is 4.79 Å². The molecule has 1 N–H and O–H groups in total. The standard InChI is InChI=1S/C16H18N2O3S/c19-15(10-4-2-1-3-5-10)18-16-17-11-8-12-13(9-14(11)22-16)21-7-6-20-12/h8-10H,1-7H2,(H,17,18,19). The number of ether oxygens (including phenoxy) is 2. The number of carbonyl (C=O) groups is 1. The molecule has 1 fully saturated rings. The number of amides is 1. The summed E-state index contributed by atoms with van der Waals surface area (Å²) in [6.07, 6.45) is 5.54. The van der Waals surface area contributed by atoms with Crippen LogP contribution in [-0.4, -0.2) is 24.1 Å². The minimum atomic E-state index is 0.107. The average molecular weight is 318 g/mol. The molecule has 1 saturated carbocycles. The first-order valence-electron chi connectivity index (χ1n) is 7.81. The van der Waals surface area contributed by atoms with Crippen molar-refractivity contribution in [2.45, 2.75) is 32.1 Å². The minimum Gasteiger partial charge on any atom is -0.486 e. The monoisotopic (exact) mass is 318 g/mol. The summed E-state index contributed by atoms with van der Waals surface area (Å²) in [5.74, 6) is 1.73. The van der Waals surface area contributed by atoms with E-state index in [2.05, 4.69) is 10.3 Å². The average Bonchev–Trinajstić information content (AvgIpc) is 2.94. The van der Waals surface area contributed by atoms with E-state index < -0.39 is 0 Å². The molecule has 4 rings (SSSR count). The van der Waals surface area contributed by atoms with Crippen LogP contribution in [0.2, 0.25) is 0 Å². The van der Waals surface area contributed by atoms with Gasteiger partial charge in [0.2, 0.25) is 5.91 Å². The van der Waals surface area contributed by atoms with Crippen LogP contribution in [0.1, 0.15) is 32.1 Å². The van der Waals surface area contributed by atoms with Gasteiger partial charge in [0.15, 0.2) is 16.6 Å². The third kappa shape index (κ3) is 2.63. The van der Waals surface area contributed by atoms with Crippen LogP contribution < -0.4 is 14.8 Å². The second-order valence-electron chi connectivity index (χ2n) is 5.81. The van der Waals surface area contributed by atoms with Crippen molar-refractivity contribution in [3.63, 3.8) is 0 Å². The third-order valence-electron chi connectivity index (χ3n) is 4.26. The molecule has 1 aliphatic carbocycles. The number of hydrogen-bond acceptors (Lipinski definition) is 5. The van der Waals surface area contributed by atoms with Gasteiger partial charge in [0.25, 0.3) is 0 Å². The Morgan fingerprint density at radius 1 is 1.14 bits per heavy atom. The highest BCUT2D eigenvalue weighted by molar-refractivity contribution is 7.22. The lowest BCUT2D eigenvalue weighted by molar-refractivity contribution is -0.120. The maximum Gasteiger partial charge on any atom is 0.229 e. The molecule has 2 aromatic rings. The quantitative estimate of drug-likeness (QED) is 0.919. The van der Waals surface area contributed by atoms with Gasteiger partial charge in [-0.05, 0) is 12.8 Å². The largest absolute Gasteiger partial charge is 0.486 e. The van der Waals surface area contributed by atoms with Crippen LogP contribution >= 0.6 is 11.3 Å². The maximum absolute atomic E-state index is 12.3. The van der Waals surface area contributed by atoms with E-state index in [0.717, 1.165) is 47.4 Å². The Bertz CT molecular complexity index is 664. The normalized spacial score (nSPS) is 18.4. The lowest BCUT2D eigenvalue weighted by Gasteiger charge is -2.19. The number of anilines is 1. The van der Waals surface area contributed by atoms with E-state index in [1.54, 1.807) is 0 Å². The zero-order chi connectivity index (χ0) is 14.9. The molecule has 5 nitrogen and oxygen atoms in total. The highest BCUT2D eigenvalue weighted by atomic mass is 32.1. The lowest BCUT2D eigenvalue weighted by atomic mass is 9.89. The Kier molecular flexibility index (Phi) is 3.62. The number of rotatable bonds is 2. The summed E-state index contributed by atoms with van der Waals surface area (Å²) >= 11 is 1.48. The van der Waals surface area contributed by atoms with Crippen LogP contribution in [0.25, 0.3) is 10.2 Å². The summed E-state index contributed by atoms with van der Waals surface area (Å²) in [4.78, 5) is 16.8. The van der Waals surface area contributed by atoms with Crippen LogP contribution in [0.4, 0.5) is 5.13 Å². The molecule has 1 amide bonds. The molecule has 0 bridgehead atoms. The predicted octanol–water partition coefficient (Wildman–Crippen LogP) is 3.59. The van der Waals surface area contributed by atoms with E-state index in [9.17, 15) is 4.79 Å². The van der Waals surface area contributed by atoms with Gasteiger partial charge in [0.1, 0.15) is 13.2 Å². The summed E-state index contributed by atoms with van der Waals surface area (Å²) in [6, 6.07) is 3.83. The molecular weight excluding hydrogens is 300 g/mol. The second kappa shape index (κ2) is 5.76. The van der Waals surface area contributed by atoms with E-state index in [4.69, 9.17) is 9.47 Å². The third-order valence-corrected chi connectivity index (χ3v) is 5.19. The molecule has 6 heteroatoms. The molecular formula is C16H18N2O3S. The van der Waals surface area contributed by atoms with Gasteiger partial charge in [-0.1, -0.05) is 30.6 Å². The van der Waals surface area contributed by atoms with Crippen molar-refractivity contribution in [2.75, 3.05) is 18.5 Å². The first-order valence-corrected chi connectivity index (χ1v) is 8.62. The molecule has 1 aromatic carbocycles. The van der Waals surface area contributed by atoms with Gasteiger partial charge in [-0.15, -0.1) is 0 Å². The SMILES string of the molecule is O=C(Nc1nc2cc3c(cc2s1)OCCO3)C1CCCCC1. The van der Waals surface area contributed by atoms with Crippen molar-refractivity contribution in [1.82, 2.24) is 4.98 Å². The van der Waals surface area contributed by atoms with Crippen LogP contribution in [0.15, 0.2) is 12.1 Å². The Labute approximate surface area is 132 Å². The van der Waals surface area contributed by atoms with Crippen molar-refractivity contribution in [3.8, 4) is 11.5 Å². The summed E-state index contributed by atoms with van der Waals surface area (Å²) in [7, 11) is 0. The van der Waals surface area contributed by atoms with Crippen molar-refractivity contribution in [1.29, 1.82) is 0 Å². The number of benzene rings is 1. The molecule has 0 atom stereocenters. The number of hydrogen-bond donors (Lipinski definition) is 1. The second-order valence-corrected chi connectivity index (χ2v) is 6.84. The molecule has 1 aromatic heterocycles. The number of fused-ring (bicyclic) bond motifs is 2. The van der Waals surface area contributed by atoms with E-state index in [1.807, 2.05) is 12.1 Å². The number of carbonyl (C=O) groups excluding carboxylic acids is 1. The zero-order valence-corrected chi connectivity index (χ0v) is 13.1. The van der Waals surface area contributed by atoms with Gasteiger partial charge in [0.05, 0.1) is 10.2 Å². The number of aromatic nitrogens is 1. The van der Waals surface area contributed by atoms with Crippen LogP contribution in [0, 0.1) is 5.92 Å². The highest BCUT2D eigenvalue weighted by Crippen LogP contribution is 2.38. The van der Waals surface area contributed by atoms with Crippen molar-refractivity contribution in [2.24, 2.45) is 5.92 Å². The fourth-order valence-electron chi connectivity index (χ4n) is 3.09. The molecule has 2 heterocycles. The molecule has 0 unspecified atom stereocenters. The Balaban J connectivity index is 1.55. The van der Waals surface area contributed by atoms with Gasteiger partial charge >= 0.3 is 0 Å². The molecule has 0 saturated heterocycles. The van der Waals surface area contributed by atoms with Gasteiger partial charge in [-0.3, -0.25) is 4.79 Å². The lowest BCUT2D eigenvalue weighted by Crippen LogP contribution is -2.24. The molecule has 1 aliphatic heterocycles. The fourth-order valence-corrected chi connectivity index (χ4v) is 3.97. The van der Waals surface area contributed by atoms with Gasteiger partial charge in [-0.25, -0.2) is 4.98 Å². The van der Waals surface area contributed by atoms with E-state index in [-0.39, 0.29) is 11.8 Å². The van der Waals surface area contributed by atoms with Crippen LogP contribution in [0.3, 0.4) is 0 Å². The first kappa shape index (κ1) is 13.8. The van der Waals surface area contributed by atoms with Crippen LogP contribution in [0.5, 0.6) is 11.5 Å².